The zero-order chi connectivity index (χ0) is 49.4. The first-order chi connectivity index (χ1) is 31.9. The predicted octanol–water partition coefficient (Wildman–Crippen LogP) is 11.3. The van der Waals surface area contributed by atoms with Crippen LogP contribution in [-0.2, 0) is 0 Å². The molecule has 0 aliphatic rings. The molecule has 202 valence electrons. The van der Waals surface area contributed by atoms with Gasteiger partial charge in [0.2, 0.25) is 0 Å². The molecule has 0 aliphatic heterocycles. The number of hydrogen-bond donors (Lipinski definition) is 0. The Balaban J connectivity index is 1.35. The van der Waals surface area contributed by atoms with Gasteiger partial charge in [-0.2, -0.15) is 0 Å². The molecule has 4 heterocycles. The molecule has 0 saturated heterocycles. The van der Waals surface area contributed by atoms with Gasteiger partial charge < -0.3 is 8.80 Å². The maximum atomic E-state index is 9.78. The summed E-state index contributed by atoms with van der Waals surface area (Å²) in [5, 5.41) is -2.15. The van der Waals surface area contributed by atoms with E-state index in [1.165, 1.54) is 0 Å². The minimum Gasteiger partial charge on any atom is -0.308 e. The van der Waals surface area contributed by atoms with Crippen LogP contribution in [0.4, 0.5) is 0 Å². The topological polar surface area (TPSA) is 8.82 Å². The lowest BCUT2D eigenvalue weighted by atomic mass is 9.99. The van der Waals surface area contributed by atoms with E-state index >= 15 is 0 Å². The molecule has 11 aromatic rings. The first-order valence-electron chi connectivity index (χ1n) is 25.3. The summed E-state index contributed by atoms with van der Waals surface area (Å²) in [5.74, 6) is 0. The minimum atomic E-state index is -0.849. The van der Waals surface area contributed by atoms with Gasteiger partial charge in [0.15, 0.2) is 0 Å². The van der Waals surface area contributed by atoms with Crippen molar-refractivity contribution in [1.29, 1.82) is 0 Å². The fourth-order valence-corrected chi connectivity index (χ4v) is 6.29. The summed E-state index contributed by atoms with van der Waals surface area (Å²) in [4.78, 5) is 0. The maximum Gasteiger partial charge on any atom is 0.0652 e. The molecular formula is C42H24N2. The molecule has 0 radical (unpaired) electrons. The van der Waals surface area contributed by atoms with Crippen LogP contribution in [0.25, 0.3) is 98.4 Å². The molecule has 44 heavy (non-hydrogen) atoms. The Morgan fingerprint density at radius 2 is 0.750 bits per heavy atom. The van der Waals surface area contributed by atoms with Crippen molar-refractivity contribution in [2.24, 2.45) is 0 Å². The second-order valence-electron chi connectivity index (χ2n) is 10.3. The van der Waals surface area contributed by atoms with Crippen molar-refractivity contribution in [3.05, 3.63) is 145 Å². The lowest BCUT2D eigenvalue weighted by molar-refractivity contribution is 1.37. The molecule has 0 bridgehead atoms. The van der Waals surface area contributed by atoms with Crippen molar-refractivity contribution in [2.75, 3.05) is 0 Å². The number of nitrogens with zero attached hydrogens (tertiary/aromatic N) is 2. The van der Waals surface area contributed by atoms with Gasteiger partial charge >= 0.3 is 0 Å². The third kappa shape index (κ3) is 2.72. The molecule has 0 aliphatic carbocycles. The summed E-state index contributed by atoms with van der Waals surface area (Å²) < 4.78 is 217. The van der Waals surface area contributed by atoms with Gasteiger partial charge in [-0.15, -0.1) is 0 Å². The monoisotopic (exact) mass is 580 g/mol. The highest BCUT2D eigenvalue weighted by Gasteiger charge is 2.20. The quantitative estimate of drug-likeness (QED) is 0.192. The third-order valence-electron chi connectivity index (χ3n) is 8.08. The van der Waals surface area contributed by atoms with Crippen LogP contribution in [0, 0.1) is 0 Å². The highest BCUT2D eigenvalue weighted by atomic mass is 14.9. The summed E-state index contributed by atoms with van der Waals surface area (Å²) in [6.07, 6.45) is 0. The summed E-state index contributed by atoms with van der Waals surface area (Å²) in [5.41, 5.74) is -4.04. The molecule has 0 spiro atoms. The van der Waals surface area contributed by atoms with Crippen LogP contribution in [0.1, 0.15) is 32.9 Å². The van der Waals surface area contributed by atoms with Crippen LogP contribution in [-0.4, -0.2) is 8.80 Å². The molecule has 0 atom stereocenters. The molecule has 0 saturated carbocycles. The molecule has 2 nitrogen and oxygen atoms in total. The van der Waals surface area contributed by atoms with Gasteiger partial charge in [-0.1, -0.05) is 109 Å². The predicted molar refractivity (Wildman–Crippen MR) is 187 cm³/mol. The van der Waals surface area contributed by atoms with E-state index in [1.807, 2.05) is 0 Å². The van der Waals surface area contributed by atoms with E-state index < -0.39 is 173 Å². The van der Waals surface area contributed by atoms with Crippen LogP contribution in [0.15, 0.2) is 145 Å². The fourth-order valence-electron chi connectivity index (χ4n) is 6.29. The number of para-hydroxylation sites is 3. The summed E-state index contributed by atoms with van der Waals surface area (Å²) >= 11 is 0. The Kier molecular flexibility index (Phi) is 1.83. The van der Waals surface area contributed by atoms with E-state index in [0.29, 0.717) is 0 Å². The lowest BCUT2D eigenvalue weighted by Gasteiger charge is -2.06. The first kappa shape index (κ1) is 10.1. The van der Waals surface area contributed by atoms with Crippen LogP contribution < -0.4 is 0 Å². The second kappa shape index (κ2) is 7.94. The minimum absolute atomic E-state index is 0.108. The van der Waals surface area contributed by atoms with E-state index in [1.54, 1.807) is 0 Å². The first-order valence-corrected chi connectivity index (χ1v) is 13.3. The van der Waals surface area contributed by atoms with Gasteiger partial charge in [0.1, 0.15) is 0 Å². The molecular weight excluding hydrogens is 532 g/mol. The molecule has 2 heteroatoms. The molecule has 7 aromatic carbocycles. The number of aromatic nitrogens is 2. The van der Waals surface area contributed by atoms with Gasteiger partial charge in [-0.05, 0) is 58.5 Å². The summed E-state index contributed by atoms with van der Waals surface area (Å²) in [6.45, 7) is 0. The highest BCUT2D eigenvalue weighted by molar-refractivity contribution is 6.25. The zero-order valence-electron chi connectivity index (χ0n) is 45.9. The standard InChI is InChI=1S/C42H24N2/c1-2-8-25(9-3-1)28-16-19-30-32-12-7-14-34-36-23-27(18-21-39(36)44(42(32)34)40(30)24-28)26-17-20-38-35(22-26)33-13-6-11-31-29-10-4-5-15-37(29)43(38)41(31)33/h1-24H/i1D,2D,3D,4D,5D,6D,7D,8D,9D,10D,11D,12D,13D,14D,15D,16D,17D,18D,19D,20D,21D,22D,23D,24D. The number of rotatable bonds is 2. The van der Waals surface area contributed by atoms with Crippen LogP contribution in [0.5, 0.6) is 0 Å². The molecule has 0 N–H and O–H groups in total. The van der Waals surface area contributed by atoms with Crippen molar-refractivity contribution in [3.8, 4) is 22.3 Å². The third-order valence-corrected chi connectivity index (χ3v) is 8.08. The average molecular weight is 581 g/mol. The zero-order valence-corrected chi connectivity index (χ0v) is 21.9. The van der Waals surface area contributed by atoms with Crippen molar-refractivity contribution >= 4 is 76.2 Å². The number of hydrogen-bond acceptors (Lipinski definition) is 0. The Labute approximate surface area is 286 Å². The van der Waals surface area contributed by atoms with Gasteiger partial charge in [-0.25, -0.2) is 0 Å². The smallest absolute Gasteiger partial charge is 0.0652 e. The maximum absolute atomic E-state index is 9.78. The number of fused-ring (bicyclic) bond motifs is 12. The van der Waals surface area contributed by atoms with E-state index in [2.05, 4.69) is 0 Å². The lowest BCUT2D eigenvalue weighted by Crippen LogP contribution is -1.84. The summed E-state index contributed by atoms with van der Waals surface area (Å²) in [6, 6.07) is -17.3. The van der Waals surface area contributed by atoms with Crippen LogP contribution >= 0.6 is 0 Å². The highest BCUT2D eigenvalue weighted by Crippen LogP contribution is 2.43. The summed E-state index contributed by atoms with van der Waals surface area (Å²) in [7, 11) is 0. The van der Waals surface area contributed by atoms with Crippen molar-refractivity contribution < 1.29 is 32.9 Å². The second-order valence-corrected chi connectivity index (χ2v) is 10.3. The van der Waals surface area contributed by atoms with E-state index in [0.717, 1.165) is 8.80 Å². The van der Waals surface area contributed by atoms with Crippen LogP contribution in [0.3, 0.4) is 0 Å². The Bertz CT molecular complexity index is 4270. The molecule has 4 aromatic heterocycles. The Morgan fingerprint density at radius 3 is 1.41 bits per heavy atom. The SMILES string of the molecule is [2H]c1c([2H])c([2H])c(-c2c([2H])c([2H])c3c4c([2H])c([2H])c([2H])c5c6c([2H])c(-c7c([2H])c([2H])c8c(c7[2H])c7c([2H])c([2H])c([2H])c9c%10c([2H])c([2H])c([2H])c([2H])c%10n8c97)c([2H])c([2H])c6n(c3c2[2H])c54)c([2H])c1[2H]. The van der Waals surface area contributed by atoms with Crippen molar-refractivity contribution in [3.63, 3.8) is 0 Å². The number of benzene rings is 7. The van der Waals surface area contributed by atoms with E-state index in [-0.39, 0.29) is 70.7 Å². The normalized spacial score (nSPS) is 20.2. The molecule has 0 fully saturated rings. The van der Waals surface area contributed by atoms with E-state index in [4.69, 9.17) is 21.9 Å². The largest absolute Gasteiger partial charge is 0.308 e. The van der Waals surface area contributed by atoms with Gasteiger partial charge in [0.05, 0.1) is 66.0 Å². The molecule has 0 unspecified atom stereocenters. The Morgan fingerprint density at radius 1 is 0.295 bits per heavy atom. The van der Waals surface area contributed by atoms with Crippen LogP contribution in [0.2, 0.25) is 0 Å². The molecule has 11 rings (SSSR count). The average Bonchev–Trinajstić information content (AvgIpc) is 4.05. The fraction of sp³-hybridized carbons (Fsp3) is 0. The van der Waals surface area contributed by atoms with E-state index in [9.17, 15) is 11.0 Å². The van der Waals surface area contributed by atoms with Gasteiger partial charge in [0, 0.05) is 43.1 Å². The van der Waals surface area contributed by atoms with Crippen molar-refractivity contribution in [1.82, 2.24) is 8.80 Å². The Hall–Kier alpha value is -5.86. The molecule has 0 amide bonds. The van der Waals surface area contributed by atoms with Crippen molar-refractivity contribution in [2.45, 2.75) is 0 Å². The van der Waals surface area contributed by atoms with Gasteiger partial charge in [-0.3, -0.25) is 0 Å². The van der Waals surface area contributed by atoms with Gasteiger partial charge in [0.25, 0.3) is 0 Å².